The molecule has 0 saturated heterocycles. The van der Waals surface area contributed by atoms with Gasteiger partial charge in [-0.25, -0.2) is 4.98 Å². The zero-order valence-corrected chi connectivity index (χ0v) is 15.4. The zero-order valence-electron chi connectivity index (χ0n) is 15.4. The fraction of sp³-hybridized carbons (Fsp3) is 0.632. The number of benzene rings is 1. The summed E-state index contributed by atoms with van der Waals surface area (Å²) in [6, 6.07) is 6.45. The summed E-state index contributed by atoms with van der Waals surface area (Å²) in [5.41, 5.74) is 3.43. The summed E-state index contributed by atoms with van der Waals surface area (Å²) in [5, 5.41) is 3.20. The van der Waals surface area contributed by atoms with Gasteiger partial charge in [0.15, 0.2) is 0 Å². The molecule has 0 saturated carbocycles. The van der Waals surface area contributed by atoms with Crippen LogP contribution in [0.1, 0.15) is 46.4 Å². The lowest BCUT2D eigenvalue weighted by atomic mass is 9.95. The third kappa shape index (κ3) is 4.05. The Balaban J connectivity index is 2.46. The van der Waals surface area contributed by atoms with E-state index in [-0.39, 0.29) is 5.41 Å². The van der Waals surface area contributed by atoms with Crippen molar-refractivity contribution in [3.63, 3.8) is 0 Å². The predicted octanol–water partition coefficient (Wildman–Crippen LogP) is 4.44. The van der Waals surface area contributed by atoms with Crippen LogP contribution < -0.4 is 5.32 Å². The minimum absolute atomic E-state index is 0.0262. The Kier molecular flexibility index (Phi) is 5.69. The van der Waals surface area contributed by atoms with E-state index < -0.39 is 0 Å². The first-order valence-electron chi connectivity index (χ1n) is 8.58. The standard InChI is InChI=1S/C19H31N3O/c1-7-14(10-11-23-6)13-22-17-9-8-15(20-5)12-16(17)21-18(22)19(2,3)4/h8-9,12,14,20H,7,10-11,13H2,1-6H3. The molecular weight excluding hydrogens is 286 g/mol. The number of nitrogens with one attached hydrogen (secondary N) is 1. The molecule has 23 heavy (non-hydrogen) atoms. The Bertz CT molecular complexity index is 640. The van der Waals surface area contributed by atoms with E-state index in [0.29, 0.717) is 5.92 Å². The van der Waals surface area contributed by atoms with Crippen LogP contribution in [-0.4, -0.2) is 30.3 Å². The normalized spacial score (nSPS) is 13.5. The Hall–Kier alpha value is -1.55. The number of anilines is 1. The van der Waals surface area contributed by atoms with Gasteiger partial charge in [0.25, 0.3) is 0 Å². The molecule has 0 spiro atoms. The number of fused-ring (bicyclic) bond motifs is 1. The largest absolute Gasteiger partial charge is 0.388 e. The van der Waals surface area contributed by atoms with E-state index in [4.69, 9.17) is 9.72 Å². The fourth-order valence-corrected chi connectivity index (χ4v) is 3.01. The van der Waals surface area contributed by atoms with Crippen molar-refractivity contribution in [2.45, 2.75) is 52.5 Å². The highest BCUT2D eigenvalue weighted by Gasteiger charge is 2.24. The molecule has 0 aliphatic carbocycles. The first kappa shape index (κ1) is 17.8. The number of aromatic nitrogens is 2. The lowest BCUT2D eigenvalue weighted by Crippen LogP contribution is -2.22. The summed E-state index contributed by atoms with van der Waals surface area (Å²) in [6.07, 6.45) is 2.24. The number of hydrogen-bond donors (Lipinski definition) is 1. The number of hydrogen-bond acceptors (Lipinski definition) is 3. The molecule has 0 bridgehead atoms. The van der Waals surface area contributed by atoms with Gasteiger partial charge in [-0.1, -0.05) is 34.1 Å². The van der Waals surface area contributed by atoms with E-state index in [2.05, 4.69) is 55.8 Å². The van der Waals surface area contributed by atoms with Gasteiger partial charge in [0, 0.05) is 38.4 Å². The molecule has 0 aliphatic rings. The van der Waals surface area contributed by atoms with E-state index in [9.17, 15) is 0 Å². The van der Waals surface area contributed by atoms with Crippen LogP contribution in [0.2, 0.25) is 0 Å². The van der Waals surface area contributed by atoms with Crippen LogP contribution in [0, 0.1) is 5.92 Å². The van der Waals surface area contributed by atoms with Crippen molar-refractivity contribution in [3.8, 4) is 0 Å². The summed E-state index contributed by atoms with van der Waals surface area (Å²) in [4.78, 5) is 4.95. The third-order valence-corrected chi connectivity index (χ3v) is 4.46. The summed E-state index contributed by atoms with van der Waals surface area (Å²) < 4.78 is 7.69. The van der Waals surface area contributed by atoms with E-state index in [1.54, 1.807) is 7.11 Å². The summed E-state index contributed by atoms with van der Waals surface area (Å²) in [5.74, 6) is 1.77. The summed E-state index contributed by atoms with van der Waals surface area (Å²) in [7, 11) is 3.72. The monoisotopic (exact) mass is 317 g/mol. The average Bonchev–Trinajstić information content (AvgIpc) is 2.89. The van der Waals surface area contributed by atoms with Gasteiger partial charge in [-0.15, -0.1) is 0 Å². The van der Waals surface area contributed by atoms with Gasteiger partial charge in [-0.2, -0.15) is 0 Å². The molecule has 4 heteroatoms. The first-order chi connectivity index (χ1) is 10.9. The summed E-state index contributed by atoms with van der Waals surface area (Å²) in [6.45, 7) is 10.8. The molecule has 1 atom stereocenters. The molecule has 1 unspecified atom stereocenters. The second-order valence-electron chi connectivity index (χ2n) is 7.31. The molecule has 2 rings (SSSR count). The highest BCUT2D eigenvalue weighted by atomic mass is 16.5. The maximum absolute atomic E-state index is 5.28. The lowest BCUT2D eigenvalue weighted by molar-refractivity contribution is 0.171. The summed E-state index contributed by atoms with van der Waals surface area (Å²) >= 11 is 0. The molecule has 0 fully saturated rings. The van der Waals surface area contributed by atoms with Gasteiger partial charge in [-0.3, -0.25) is 0 Å². The second-order valence-corrected chi connectivity index (χ2v) is 7.31. The number of ether oxygens (including phenoxy) is 1. The van der Waals surface area contributed by atoms with Crippen LogP contribution in [0.4, 0.5) is 5.69 Å². The first-order valence-corrected chi connectivity index (χ1v) is 8.58. The highest BCUT2D eigenvalue weighted by Crippen LogP contribution is 2.29. The predicted molar refractivity (Wildman–Crippen MR) is 98.3 cm³/mol. The molecular formula is C19H31N3O. The van der Waals surface area contributed by atoms with Crippen LogP contribution in [0.15, 0.2) is 18.2 Å². The van der Waals surface area contributed by atoms with E-state index >= 15 is 0 Å². The van der Waals surface area contributed by atoms with E-state index in [1.807, 2.05) is 7.05 Å². The van der Waals surface area contributed by atoms with Crippen molar-refractivity contribution in [1.29, 1.82) is 0 Å². The maximum Gasteiger partial charge on any atom is 0.115 e. The molecule has 1 aromatic heterocycles. The number of nitrogens with zero attached hydrogens (tertiary/aromatic N) is 2. The van der Waals surface area contributed by atoms with Crippen LogP contribution in [0.5, 0.6) is 0 Å². The lowest BCUT2D eigenvalue weighted by Gasteiger charge is -2.23. The maximum atomic E-state index is 5.28. The zero-order chi connectivity index (χ0) is 17.0. The molecule has 0 amide bonds. The quantitative estimate of drug-likeness (QED) is 0.820. The van der Waals surface area contributed by atoms with Crippen molar-refractivity contribution in [3.05, 3.63) is 24.0 Å². The Labute approximate surface area is 140 Å². The second kappa shape index (κ2) is 7.35. The Morgan fingerprint density at radius 3 is 2.61 bits per heavy atom. The van der Waals surface area contributed by atoms with Gasteiger partial charge in [-0.05, 0) is 30.5 Å². The van der Waals surface area contributed by atoms with Crippen LogP contribution in [-0.2, 0) is 16.7 Å². The average molecular weight is 317 g/mol. The van der Waals surface area contributed by atoms with Gasteiger partial charge < -0.3 is 14.6 Å². The van der Waals surface area contributed by atoms with E-state index in [1.165, 1.54) is 5.52 Å². The molecule has 0 aliphatic heterocycles. The third-order valence-electron chi connectivity index (χ3n) is 4.46. The number of methoxy groups -OCH3 is 1. The smallest absolute Gasteiger partial charge is 0.115 e. The molecule has 128 valence electrons. The molecule has 1 aromatic carbocycles. The molecule has 1 heterocycles. The van der Waals surface area contributed by atoms with Crippen molar-refractivity contribution in [1.82, 2.24) is 9.55 Å². The van der Waals surface area contributed by atoms with Crippen molar-refractivity contribution < 1.29 is 4.74 Å². The van der Waals surface area contributed by atoms with Crippen molar-refractivity contribution >= 4 is 16.7 Å². The highest BCUT2D eigenvalue weighted by molar-refractivity contribution is 5.80. The number of rotatable bonds is 7. The van der Waals surface area contributed by atoms with Crippen molar-refractivity contribution in [2.24, 2.45) is 5.92 Å². The van der Waals surface area contributed by atoms with Crippen LogP contribution >= 0.6 is 0 Å². The number of imidazole rings is 1. The minimum atomic E-state index is 0.0262. The topological polar surface area (TPSA) is 39.1 Å². The molecule has 4 nitrogen and oxygen atoms in total. The minimum Gasteiger partial charge on any atom is -0.388 e. The van der Waals surface area contributed by atoms with E-state index in [0.717, 1.165) is 43.0 Å². The molecule has 0 radical (unpaired) electrons. The van der Waals surface area contributed by atoms with Crippen molar-refractivity contribution in [2.75, 3.05) is 26.1 Å². The fourth-order valence-electron chi connectivity index (χ4n) is 3.01. The van der Waals surface area contributed by atoms with Gasteiger partial charge in [0.05, 0.1) is 11.0 Å². The van der Waals surface area contributed by atoms with Crippen LogP contribution in [0.3, 0.4) is 0 Å². The Morgan fingerprint density at radius 2 is 2.04 bits per heavy atom. The SMILES string of the molecule is CCC(CCOC)Cn1c(C(C)(C)C)nc2cc(NC)ccc21. The Morgan fingerprint density at radius 1 is 1.30 bits per heavy atom. The van der Waals surface area contributed by atoms with Gasteiger partial charge >= 0.3 is 0 Å². The molecule has 2 aromatic rings. The van der Waals surface area contributed by atoms with Gasteiger partial charge in [0.2, 0.25) is 0 Å². The molecule has 1 N–H and O–H groups in total. The van der Waals surface area contributed by atoms with Crippen LogP contribution in [0.25, 0.3) is 11.0 Å². The van der Waals surface area contributed by atoms with Gasteiger partial charge in [0.1, 0.15) is 5.82 Å².